The van der Waals surface area contributed by atoms with Gasteiger partial charge < -0.3 is 0 Å². The Kier molecular flexibility index (Phi) is 5.69. The van der Waals surface area contributed by atoms with Crippen LogP contribution >= 0.6 is 8.25 Å². The number of hydrogen-bond donors (Lipinski definition) is 2. The molecule has 1 saturated carbocycles. The summed E-state index contributed by atoms with van der Waals surface area (Å²) in [5.74, 6) is 0. The molecule has 0 aromatic carbocycles. The van der Waals surface area contributed by atoms with Gasteiger partial charge in [0.05, 0.1) is 0 Å². The molecule has 88 valence electrons. The minimum atomic E-state index is -2.51. The number of unbranched alkanes of at least 4 members (excludes halogenated alkanes) is 1. The Hall–Kier alpha value is -0.0200. The smallest absolute Gasteiger partial charge is 0.285 e. The van der Waals surface area contributed by atoms with Crippen molar-refractivity contribution in [3.63, 3.8) is 0 Å². The predicted octanol–water partition coefficient (Wildman–Crippen LogP) is 2.70. The molecule has 0 aromatic heterocycles. The topological polar surface area (TPSA) is 58.6 Å². The highest BCUT2D eigenvalue weighted by Crippen LogP contribution is 2.36. The maximum atomic E-state index is 10.8. The maximum Gasteiger partial charge on any atom is 0.696 e. The lowest BCUT2D eigenvalue weighted by atomic mass is 9.92. The summed E-state index contributed by atoms with van der Waals surface area (Å²) in [5.41, 5.74) is -0.532. The minimum Gasteiger partial charge on any atom is -0.285 e. The van der Waals surface area contributed by atoms with E-state index in [-0.39, 0.29) is 0 Å². The molecule has 0 bridgehead atoms. The Morgan fingerprint density at radius 2 is 2.07 bits per heavy atom. The molecule has 0 spiro atoms. The first-order valence-corrected chi connectivity index (χ1v) is 6.92. The van der Waals surface area contributed by atoms with Crippen molar-refractivity contribution < 1.29 is 14.0 Å². The summed E-state index contributed by atoms with van der Waals surface area (Å²) in [4.78, 5) is 8.87. The molecule has 0 amide bonds. The Bertz CT molecular complexity index is 205. The van der Waals surface area contributed by atoms with Crippen LogP contribution < -0.4 is 5.32 Å². The van der Waals surface area contributed by atoms with E-state index in [9.17, 15) is 4.57 Å². The quantitative estimate of drug-likeness (QED) is 0.421. The first kappa shape index (κ1) is 13.0. The van der Waals surface area contributed by atoms with Gasteiger partial charge >= 0.3 is 8.25 Å². The van der Waals surface area contributed by atoms with Crippen LogP contribution in [0.5, 0.6) is 0 Å². The lowest BCUT2D eigenvalue weighted by Crippen LogP contribution is -2.48. The molecule has 0 aliphatic heterocycles. The fourth-order valence-electron chi connectivity index (χ4n) is 2.07. The molecule has 1 aliphatic rings. The second-order valence-electron chi connectivity index (χ2n) is 4.16. The Morgan fingerprint density at radius 1 is 1.40 bits per heavy atom. The maximum absolute atomic E-state index is 10.8. The molecule has 1 unspecified atom stereocenters. The lowest BCUT2D eigenvalue weighted by Gasteiger charge is -2.32. The van der Waals surface area contributed by atoms with E-state index in [1.807, 2.05) is 0 Å². The fourth-order valence-corrected chi connectivity index (χ4v) is 2.61. The van der Waals surface area contributed by atoms with Crippen molar-refractivity contribution in [1.29, 1.82) is 0 Å². The van der Waals surface area contributed by atoms with Gasteiger partial charge in [0.15, 0.2) is 5.72 Å². The summed E-state index contributed by atoms with van der Waals surface area (Å²) in [7, 11) is -2.51. The molecular formula is C10H21NO3P+. The van der Waals surface area contributed by atoms with Crippen molar-refractivity contribution in [1.82, 2.24) is 5.32 Å². The third kappa shape index (κ3) is 4.56. The van der Waals surface area contributed by atoms with E-state index >= 15 is 0 Å². The molecule has 0 radical (unpaired) electrons. The molecule has 1 aliphatic carbocycles. The molecule has 1 fully saturated rings. The average molecular weight is 234 g/mol. The number of hydrogen-bond acceptors (Lipinski definition) is 3. The molecule has 2 N–H and O–H groups in total. The van der Waals surface area contributed by atoms with Crippen LogP contribution in [0.4, 0.5) is 0 Å². The molecule has 0 heterocycles. The molecule has 0 aromatic rings. The van der Waals surface area contributed by atoms with Crippen LogP contribution in [0.1, 0.15) is 51.9 Å². The molecular weight excluding hydrogens is 213 g/mol. The van der Waals surface area contributed by atoms with E-state index in [1.54, 1.807) is 0 Å². The summed E-state index contributed by atoms with van der Waals surface area (Å²) in [6, 6.07) is 0. The minimum absolute atomic E-state index is 0.532. The van der Waals surface area contributed by atoms with Crippen LogP contribution in [0, 0.1) is 0 Å². The highest BCUT2D eigenvalue weighted by atomic mass is 31.1. The van der Waals surface area contributed by atoms with Gasteiger partial charge in [-0.05, 0) is 38.6 Å². The Morgan fingerprint density at radius 3 is 2.60 bits per heavy atom. The van der Waals surface area contributed by atoms with Crippen LogP contribution in [-0.4, -0.2) is 17.2 Å². The van der Waals surface area contributed by atoms with E-state index in [2.05, 4.69) is 12.2 Å². The van der Waals surface area contributed by atoms with Crippen molar-refractivity contribution >= 4 is 8.25 Å². The molecule has 15 heavy (non-hydrogen) atoms. The second-order valence-corrected chi connectivity index (χ2v) is 4.82. The van der Waals surface area contributed by atoms with Crippen molar-refractivity contribution in [3.05, 3.63) is 0 Å². The van der Waals surface area contributed by atoms with Gasteiger partial charge in [-0.25, -0.2) is 0 Å². The monoisotopic (exact) mass is 234 g/mol. The summed E-state index contributed by atoms with van der Waals surface area (Å²) in [6.07, 6.45) is 7.23. The normalized spacial score (nSPS) is 21.3. The highest BCUT2D eigenvalue weighted by Gasteiger charge is 2.40. The fraction of sp³-hybridized carbons (Fsp3) is 1.00. The zero-order valence-electron chi connectivity index (χ0n) is 9.37. The summed E-state index contributed by atoms with van der Waals surface area (Å²) in [5, 5.41) is 3.30. The average Bonchev–Trinajstić information content (AvgIpc) is 2.18. The van der Waals surface area contributed by atoms with Gasteiger partial charge in [-0.3, -0.25) is 5.32 Å². The van der Waals surface area contributed by atoms with Crippen LogP contribution in [-0.2, 0) is 9.09 Å². The summed E-state index contributed by atoms with van der Waals surface area (Å²) < 4.78 is 16.0. The second kappa shape index (κ2) is 6.54. The molecule has 1 atom stereocenters. The van der Waals surface area contributed by atoms with Crippen molar-refractivity contribution in [2.75, 3.05) is 6.54 Å². The van der Waals surface area contributed by atoms with E-state index in [0.717, 1.165) is 45.1 Å². The predicted molar refractivity (Wildman–Crippen MR) is 59.6 cm³/mol. The van der Waals surface area contributed by atoms with Crippen LogP contribution in [0.2, 0.25) is 0 Å². The van der Waals surface area contributed by atoms with Crippen LogP contribution in [0.15, 0.2) is 0 Å². The third-order valence-electron chi connectivity index (χ3n) is 2.89. The van der Waals surface area contributed by atoms with Crippen molar-refractivity contribution in [2.45, 2.75) is 57.6 Å². The van der Waals surface area contributed by atoms with E-state index in [0.29, 0.717) is 0 Å². The van der Waals surface area contributed by atoms with Gasteiger partial charge in [0.2, 0.25) is 0 Å². The third-order valence-corrected chi connectivity index (χ3v) is 3.40. The van der Waals surface area contributed by atoms with Gasteiger partial charge in [0, 0.05) is 4.57 Å². The van der Waals surface area contributed by atoms with Crippen molar-refractivity contribution in [3.8, 4) is 0 Å². The van der Waals surface area contributed by atoms with Crippen LogP contribution in [0.25, 0.3) is 0 Å². The standard InChI is InChI=1S/C10H20NO3P/c1-2-3-9-11-10(14-15(12)13)7-5-4-6-8-10/h11H,2-9H2,1H3/p+1. The Balaban J connectivity index is 2.46. The Labute approximate surface area is 92.4 Å². The first-order chi connectivity index (χ1) is 7.18. The van der Waals surface area contributed by atoms with E-state index < -0.39 is 14.0 Å². The van der Waals surface area contributed by atoms with Gasteiger partial charge in [-0.15, -0.1) is 4.89 Å². The van der Waals surface area contributed by atoms with E-state index in [1.165, 1.54) is 6.42 Å². The van der Waals surface area contributed by atoms with Gasteiger partial charge in [0.1, 0.15) is 0 Å². The lowest BCUT2D eigenvalue weighted by molar-refractivity contribution is -0.00428. The van der Waals surface area contributed by atoms with Gasteiger partial charge in [-0.2, -0.15) is 0 Å². The highest BCUT2D eigenvalue weighted by molar-refractivity contribution is 7.32. The van der Waals surface area contributed by atoms with E-state index in [4.69, 9.17) is 9.42 Å². The summed E-state index contributed by atoms with van der Waals surface area (Å²) in [6.45, 7) is 2.99. The molecule has 4 nitrogen and oxygen atoms in total. The molecule has 1 rings (SSSR count). The van der Waals surface area contributed by atoms with Gasteiger partial charge in [-0.1, -0.05) is 24.3 Å². The summed E-state index contributed by atoms with van der Waals surface area (Å²) >= 11 is 0. The zero-order valence-corrected chi connectivity index (χ0v) is 10.3. The first-order valence-electron chi connectivity index (χ1n) is 5.79. The van der Waals surface area contributed by atoms with Crippen molar-refractivity contribution in [2.24, 2.45) is 0 Å². The number of rotatable bonds is 6. The van der Waals surface area contributed by atoms with Crippen LogP contribution in [0.3, 0.4) is 0 Å². The number of nitrogens with one attached hydrogen (secondary N) is 1. The molecule has 0 saturated heterocycles. The zero-order chi connectivity index (χ0) is 11.1. The SMILES string of the molecule is CCCCNC1(O[P+](=O)O)CCCCC1. The largest absolute Gasteiger partial charge is 0.696 e. The van der Waals surface area contributed by atoms with Gasteiger partial charge in [0.25, 0.3) is 0 Å². The molecule has 5 heteroatoms.